The van der Waals surface area contributed by atoms with Crippen LogP contribution in [0.3, 0.4) is 0 Å². The van der Waals surface area contributed by atoms with Crippen molar-refractivity contribution in [2.75, 3.05) is 6.61 Å². The number of nitrogens with zero attached hydrogens (tertiary/aromatic N) is 2. The number of benzene rings is 2. The monoisotopic (exact) mass is 462 g/mol. The van der Waals surface area contributed by atoms with Crippen LogP contribution in [0, 0.1) is 6.92 Å². The summed E-state index contributed by atoms with van der Waals surface area (Å²) in [6, 6.07) is 17.5. The Morgan fingerprint density at radius 3 is 2.55 bits per heavy atom. The van der Waals surface area contributed by atoms with E-state index in [1.165, 1.54) is 23.2 Å². The zero-order chi connectivity index (χ0) is 23.2. The third-order valence-electron chi connectivity index (χ3n) is 5.46. The van der Waals surface area contributed by atoms with E-state index in [1.807, 2.05) is 42.5 Å². The lowest BCUT2D eigenvalue weighted by molar-refractivity contribution is 0.0478. The van der Waals surface area contributed by atoms with Crippen molar-refractivity contribution in [3.8, 4) is 5.75 Å². The van der Waals surface area contributed by atoms with Crippen LogP contribution in [-0.2, 0) is 24.3 Å². The van der Waals surface area contributed by atoms with Gasteiger partial charge in [0.1, 0.15) is 22.1 Å². The highest BCUT2D eigenvalue weighted by Crippen LogP contribution is 2.27. The van der Waals surface area contributed by atoms with E-state index in [0.717, 1.165) is 17.7 Å². The van der Waals surface area contributed by atoms with Crippen LogP contribution in [0.2, 0.25) is 0 Å². The van der Waals surface area contributed by atoms with E-state index in [4.69, 9.17) is 9.47 Å². The summed E-state index contributed by atoms with van der Waals surface area (Å²) >= 11 is 1.19. The maximum Gasteiger partial charge on any atom is 0.349 e. The molecule has 0 spiro atoms. The van der Waals surface area contributed by atoms with Gasteiger partial charge in [-0.3, -0.25) is 9.36 Å². The van der Waals surface area contributed by atoms with Gasteiger partial charge >= 0.3 is 5.97 Å². The van der Waals surface area contributed by atoms with E-state index >= 15 is 0 Å². The molecule has 0 atom stereocenters. The van der Waals surface area contributed by atoms with Crippen LogP contribution < -0.4 is 10.3 Å². The van der Waals surface area contributed by atoms with Crippen molar-refractivity contribution < 1.29 is 14.3 Å². The molecule has 2 heterocycles. The number of aromatic nitrogens is 2. The lowest BCUT2D eigenvalue weighted by Gasteiger charge is -2.08. The molecule has 33 heavy (non-hydrogen) atoms. The molecule has 4 aromatic rings. The minimum absolute atomic E-state index is 0.150. The molecule has 0 saturated heterocycles. The lowest BCUT2D eigenvalue weighted by Crippen LogP contribution is -2.21. The number of ether oxygens (including phenoxy) is 2. The Morgan fingerprint density at radius 1 is 1.06 bits per heavy atom. The second-order valence-electron chi connectivity index (χ2n) is 7.74. The quantitative estimate of drug-likeness (QED) is 0.254. The van der Waals surface area contributed by atoms with Crippen molar-refractivity contribution in [3.63, 3.8) is 0 Å². The first-order chi connectivity index (χ1) is 16.1. The Morgan fingerprint density at radius 2 is 1.82 bits per heavy atom. The first-order valence-electron chi connectivity index (χ1n) is 11.0. The van der Waals surface area contributed by atoms with Crippen molar-refractivity contribution >= 4 is 27.5 Å². The number of fused-ring (bicyclic) bond motifs is 1. The van der Waals surface area contributed by atoms with Crippen LogP contribution in [0.25, 0.3) is 10.2 Å². The molecule has 0 aliphatic rings. The maximum atomic E-state index is 13.0. The molecule has 2 aromatic heterocycles. The number of aryl methyl sites for hydroxylation is 3. The van der Waals surface area contributed by atoms with Gasteiger partial charge in [0, 0.05) is 6.54 Å². The van der Waals surface area contributed by atoms with Crippen LogP contribution in [0.4, 0.5) is 0 Å². The summed E-state index contributed by atoms with van der Waals surface area (Å²) in [5.74, 6) is 0.383. The normalized spacial score (nSPS) is 11.0. The second-order valence-corrected chi connectivity index (χ2v) is 8.74. The first-order valence-corrected chi connectivity index (χ1v) is 11.8. The lowest BCUT2D eigenvalue weighted by atomic mass is 10.2. The number of rotatable bonds is 9. The summed E-state index contributed by atoms with van der Waals surface area (Å²) in [6.07, 6.45) is 3.20. The van der Waals surface area contributed by atoms with Crippen LogP contribution >= 0.6 is 11.3 Å². The van der Waals surface area contributed by atoms with Gasteiger partial charge < -0.3 is 9.47 Å². The SMILES string of the molecule is CCc1ccc(OCCCn2cnc3sc(C(=O)OCc4ccccc4)c(C)c3c2=O)cc1. The van der Waals surface area contributed by atoms with Crippen LogP contribution in [0.5, 0.6) is 5.75 Å². The van der Waals surface area contributed by atoms with Gasteiger partial charge in [-0.25, -0.2) is 9.78 Å². The third-order valence-corrected chi connectivity index (χ3v) is 6.64. The number of hydrogen-bond acceptors (Lipinski definition) is 6. The Labute approximate surface area is 196 Å². The maximum absolute atomic E-state index is 13.0. The van der Waals surface area contributed by atoms with Gasteiger partial charge in [-0.2, -0.15) is 0 Å². The molecule has 0 amide bonds. The summed E-state index contributed by atoms with van der Waals surface area (Å²) in [4.78, 5) is 31.0. The van der Waals surface area contributed by atoms with Gasteiger partial charge in [0.2, 0.25) is 0 Å². The van der Waals surface area contributed by atoms with Crippen molar-refractivity contribution in [2.45, 2.75) is 39.8 Å². The Hall–Kier alpha value is -3.45. The van der Waals surface area contributed by atoms with Crippen molar-refractivity contribution in [1.29, 1.82) is 0 Å². The number of thiophene rings is 1. The zero-order valence-electron chi connectivity index (χ0n) is 18.7. The zero-order valence-corrected chi connectivity index (χ0v) is 19.6. The molecular formula is C26H26N2O4S. The summed E-state index contributed by atoms with van der Waals surface area (Å²) in [7, 11) is 0. The van der Waals surface area contributed by atoms with Gasteiger partial charge in [0.05, 0.1) is 18.3 Å². The third kappa shape index (κ3) is 5.31. The summed E-state index contributed by atoms with van der Waals surface area (Å²) in [5, 5.41) is 0.477. The molecule has 170 valence electrons. The van der Waals surface area contributed by atoms with E-state index in [1.54, 1.807) is 11.5 Å². The second kappa shape index (κ2) is 10.4. The molecular weight excluding hydrogens is 436 g/mol. The number of esters is 1. The predicted molar refractivity (Wildman–Crippen MR) is 130 cm³/mol. The fourth-order valence-corrected chi connectivity index (χ4v) is 4.58. The van der Waals surface area contributed by atoms with E-state index in [0.29, 0.717) is 40.2 Å². The Kier molecular flexibility index (Phi) is 7.19. The number of hydrogen-bond donors (Lipinski definition) is 0. The first kappa shape index (κ1) is 22.7. The summed E-state index contributed by atoms with van der Waals surface area (Å²) in [5.41, 5.74) is 2.65. The van der Waals surface area contributed by atoms with Gasteiger partial charge in [-0.15, -0.1) is 11.3 Å². The molecule has 0 N–H and O–H groups in total. The predicted octanol–water partition coefficient (Wildman–Crippen LogP) is 5.15. The molecule has 0 fully saturated rings. The molecule has 0 aliphatic carbocycles. The highest BCUT2D eigenvalue weighted by molar-refractivity contribution is 7.20. The molecule has 4 rings (SSSR count). The van der Waals surface area contributed by atoms with E-state index in [9.17, 15) is 9.59 Å². The largest absolute Gasteiger partial charge is 0.494 e. The van der Waals surface area contributed by atoms with Gasteiger partial charge in [0.15, 0.2) is 0 Å². The average Bonchev–Trinajstić information content (AvgIpc) is 3.19. The van der Waals surface area contributed by atoms with Crippen molar-refractivity contribution in [3.05, 3.63) is 92.8 Å². The topological polar surface area (TPSA) is 70.4 Å². The summed E-state index contributed by atoms with van der Waals surface area (Å²) < 4.78 is 12.8. The molecule has 0 radical (unpaired) electrons. The molecule has 0 aliphatic heterocycles. The Bertz CT molecular complexity index is 1290. The number of carbonyl (C=O) groups is 1. The van der Waals surface area contributed by atoms with E-state index in [2.05, 4.69) is 24.0 Å². The van der Waals surface area contributed by atoms with Crippen LogP contribution in [0.1, 0.15) is 39.7 Å². The fourth-order valence-electron chi connectivity index (χ4n) is 3.55. The minimum atomic E-state index is -0.437. The molecule has 0 unspecified atom stereocenters. The van der Waals surface area contributed by atoms with Crippen LogP contribution in [0.15, 0.2) is 65.7 Å². The average molecular weight is 463 g/mol. The van der Waals surface area contributed by atoms with E-state index < -0.39 is 5.97 Å². The molecule has 2 aromatic carbocycles. The molecule has 0 saturated carbocycles. The minimum Gasteiger partial charge on any atom is -0.494 e. The molecule has 6 nitrogen and oxygen atoms in total. The van der Waals surface area contributed by atoms with Gasteiger partial charge in [-0.1, -0.05) is 49.4 Å². The Balaban J connectivity index is 1.40. The molecule has 7 heteroatoms. The molecule has 0 bridgehead atoms. The van der Waals surface area contributed by atoms with Gasteiger partial charge in [-0.05, 0) is 48.6 Å². The van der Waals surface area contributed by atoms with Crippen molar-refractivity contribution in [1.82, 2.24) is 9.55 Å². The standard InChI is InChI=1S/C26H26N2O4S/c1-3-19-10-12-21(13-11-19)31-15-7-14-28-17-27-24-22(25(28)29)18(2)23(33-24)26(30)32-16-20-8-5-4-6-9-20/h4-6,8-13,17H,3,7,14-16H2,1-2H3. The fraction of sp³-hybridized carbons (Fsp3) is 0.269. The van der Waals surface area contributed by atoms with Gasteiger partial charge in [0.25, 0.3) is 5.56 Å². The smallest absolute Gasteiger partial charge is 0.349 e. The number of carbonyl (C=O) groups excluding carboxylic acids is 1. The van der Waals surface area contributed by atoms with Crippen LogP contribution in [-0.4, -0.2) is 22.1 Å². The van der Waals surface area contributed by atoms with E-state index in [-0.39, 0.29) is 12.2 Å². The summed E-state index contributed by atoms with van der Waals surface area (Å²) in [6.45, 7) is 5.05. The highest BCUT2D eigenvalue weighted by atomic mass is 32.1. The highest BCUT2D eigenvalue weighted by Gasteiger charge is 2.20. The van der Waals surface area contributed by atoms with Crippen molar-refractivity contribution in [2.24, 2.45) is 0 Å².